The Morgan fingerprint density at radius 2 is 1.76 bits per heavy atom. The second-order valence-corrected chi connectivity index (χ2v) is 9.08. The average molecular weight is 340 g/mol. The Morgan fingerprint density at radius 3 is 2.48 bits per heavy atom. The molecule has 0 bridgehead atoms. The molecule has 0 saturated carbocycles. The average Bonchev–Trinajstić information content (AvgIpc) is 2.74. The number of hydrogen-bond donors (Lipinski definition) is 0. The molecule has 1 spiro atoms. The van der Waals surface area contributed by atoms with Crippen molar-refractivity contribution < 1.29 is 4.74 Å². The van der Waals surface area contributed by atoms with Gasteiger partial charge in [0.05, 0.1) is 0 Å². The molecule has 3 atom stereocenters. The molecule has 3 aliphatic rings. The highest BCUT2D eigenvalue weighted by atomic mass is 16.5. The van der Waals surface area contributed by atoms with Crippen LogP contribution in [0.2, 0.25) is 0 Å². The summed E-state index contributed by atoms with van der Waals surface area (Å²) in [6, 6.07) is 0. The second-order valence-electron chi connectivity index (χ2n) is 9.08. The molecule has 1 aliphatic carbocycles. The molecular formula is C23H33NO. The monoisotopic (exact) mass is 339 g/mol. The molecule has 0 saturated heterocycles. The molecule has 3 unspecified atom stereocenters. The lowest BCUT2D eigenvalue weighted by molar-refractivity contribution is 0.115. The van der Waals surface area contributed by atoms with E-state index in [1.54, 1.807) is 22.3 Å². The first-order valence-electron chi connectivity index (χ1n) is 9.90. The fourth-order valence-electron chi connectivity index (χ4n) is 5.60. The van der Waals surface area contributed by atoms with Crippen LogP contribution in [0.25, 0.3) is 0 Å². The number of hydrogen-bond acceptors (Lipinski definition) is 2. The highest BCUT2D eigenvalue weighted by Crippen LogP contribution is 2.57. The molecule has 2 aliphatic heterocycles. The standard InChI is InChI=1S/C23H33NO/c1-13-10-20-23(11-14(2)15(13)3)8-9-24(7)12-19-17(5)16(4)18(6)22(25-20)21(19)23/h13,20H,8-12H2,1-7H3. The van der Waals surface area contributed by atoms with Gasteiger partial charge >= 0.3 is 0 Å². The Kier molecular flexibility index (Phi) is 3.85. The third kappa shape index (κ3) is 2.26. The van der Waals surface area contributed by atoms with Crippen LogP contribution in [0, 0.1) is 26.7 Å². The van der Waals surface area contributed by atoms with Crippen LogP contribution >= 0.6 is 0 Å². The van der Waals surface area contributed by atoms with E-state index in [2.05, 4.69) is 53.5 Å². The van der Waals surface area contributed by atoms with Crippen molar-refractivity contribution in [1.82, 2.24) is 4.90 Å². The van der Waals surface area contributed by atoms with E-state index in [1.807, 2.05) is 0 Å². The molecule has 0 fully saturated rings. The summed E-state index contributed by atoms with van der Waals surface area (Å²) in [5.74, 6) is 1.85. The fourth-order valence-corrected chi connectivity index (χ4v) is 5.60. The number of nitrogens with zero attached hydrogens (tertiary/aromatic N) is 1. The minimum atomic E-state index is 0.175. The SMILES string of the molecule is CC1=C(C)C(C)CC2Oc3c(C)c(C)c(C)c4c3C2(CCN(C)C4)C1. The normalized spacial score (nSPS) is 32.0. The van der Waals surface area contributed by atoms with Crippen molar-refractivity contribution in [2.24, 2.45) is 5.92 Å². The van der Waals surface area contributed by atoms with Gasteiger partial charge in [0.1, 0.15) is 11.9 Å². The van der Waals surface area contributed by atoms with E-state index in [0.29, 0.717) is 12.0 Å². The molecule has 4 rings (SSSR count). The molecule has 0 radical (unpaired) electrons. The van der Waals surface area contributed by atoms with Gasteiger partial charge in [0, 0.05) is 17.5 Å². The summed E-state index contributed by atoms with van der Waals surface area (Å²) in [5.41, 5.74) is 10.8. The summed E-state index contributed by atoms with van der Waals surface area (Å²) in [4.78, 5) is 2.52. The molecule has 2 nitrogen and oxygen atoms in total. The minimum Gasteiger partial charge on any atom is -0.489 e. The van der Waals surface area contributed by atoms with Crippen LogP contribution in [0.15, 0.2) is 11.1 Å². The Balaban J connectivity index is 2.01. The van der Waals surface area contributed by atoms with Gasteiger partial charge in [0.2, 0.25) is 0 Å². The van der Waals surface area contributed by atoms with Gasteiger partial charge in [-0.1, -0.05) is 18.1 Å². The first kappa shape index (κ1) is 17.1. The Bertz CT molecular complexity index is 775. The fraction of sp³-hybridized carbons (Fsp3) is 0.652. The van der Waals surface area contributed by atoms with Crippen LogP contribution in [0.4, 0.5) is 0 Å². The van der Waals surface area contributed by atoms with Crippen molar-refractivity contribution >= 4 is 0 Å². The van der Waals surface area contributed by atoms with Crippen molar-refractivity contribution in [2.45, 2.75) is 78.9 Å². The summed E-state index contributed by atoms with van der Waals surface area (Å²) in [7, 11) is 2.28. The lowest BCUT2D eigenvalue weighted by Gasteiger charge is -2.34. The molecule has 0 N–H and O–H groups in total. The summed E-state index contributed by atoms with van der Waals surface area (Å²) in [6.45, 7) is 16.2. The van der Waals surface area contributed by atoms with Crippen LogP contribution in [0.5, 0.6) is 5.75 Å². The molecular weight excluding hydrogens is 306 g/mol. The highest BCUT2D eigenvalue weighted by molar-refractivity contribution is 5.61. The van der Waals surface area contributed by atoms with Crippen molar-refractivity contribution in [1.29, 1.82) is 0 Å². The van der Waals surface area contributed by atoms with Crippen LogP contribution in [0.1, 0.15) is 67.9 Å². The zero-order chi connectivity index (χ0) is 18.1. The molecule has 0 aromatic heterocycles. The van der Waals surface area contributed by atoms with Gasteiger partial charge in [-0.15, -0.1) is 0 Å². The van der Waals surface area contributed by atoms with Gasteiger partial charge in [0.25, 0.3) is 0 Å². The van der Waals surface area contributed by atoms with E-state index < -0.39 is 0 Å². The maximum Gasteiger partial charge on any atom is 0.127 e. The molecule has 25 heavy (non-hydrogen) atoms. The molecule has 2 heterocycles. The highest BCUT2D eigenvalue weighted by Gasteiger charge is 2.53. The Morgan fingerprint density at radius 1 is 1.04 bits per heavy atom. The van der Waals surface area contributed by atoms with E-state index in [-0.39, 0.29) is 5.41 Å². The van der Waals surface area contributed by atoms with E-state index in [4.69, 9.17) is 4.74 Å². The third-order valence-corrected chi connectivity index (χ3v) is 7.75. The maximum atomic E-state index is 6.79. The van der Waals surface area contributed by atoms with Crippen molar-refractivity contribution in [2.75, 3.05) is 13.6 Å². The summed E-state index contributed by atoms with van der Waals surface area (Å²) < 4.78 is 6.79. The predicted octanol–water partition coefficient (Wildman–Crippen LogP) is 5.21. The first-order valence-corrected chi connectivity index (χ1v) is 9.90. The summed E-state index contributed by atoms with van der Waals surface area (Å²) >= 11 is 0. The quantitative estimate of drug-likeness (QED) is 0.601. The lowest BCUT2D eigenvalue weighted by atomic mass is 9.68. The van der Waals surface area contributed by atoms with E-state index in [0.717, 1.165) is 19.5 Å². The second kappa shape index (κ2) is 5.61. The van der Waals surface area contributed by atoms with Gasteiger partial charge in [-0.3, -0.25) is 0 Å². The Hall–Kier alpha value is -1.28. The van der Waals surface area contributed by atoms with Gasteiger partial charge in [-0.25, -0.2) is 0 Å². The third-order valence-electron chi connectivity index (χ3n) is 7.75. The lowest BCUT2D eigenvalue weighted by Crippen LogP contribution is -2.39. The smallest absolute Gasteiger partial charge is 0.127 e. The molecule has 1 aromatic carbocycles. The number of benzene rings is 1. The predicted molar refractivity (Wildman–Crippen MR) is 104 cm³/mol. The van der Waals surface area contributed by atoms with E-state index in [9.17, 15) is 0 Å². The van der Waals surface area contributed by atoms with Crippen LogP contribution in [0.3, 0.4) is 0 Å². The van der Waals surface area contributed by atoms with E-state index in [1.165, 1.54) is 35.3 Å². The summed E-state index contributed by atoms with van der Waals surface area (Å²) in [6.07, 6.45) is 3.87. The zero-order valence-electron chi connectivity index (χ0n) is 17.0. The largest absolute Gasteiger partial charge is 0.489 e. The van der Waals surface area contributed by atoms with Crippen LogP contribution in [-0.4, -0.2) is 24.6 Å². The molecule has 0 amide bonds. The molecule has 2 heteroatoms. The van der Waals surface area contributed by atoms with Gasteiger partial charge in [0.15, 0.2) is 0 Å². The first-order chi connectivity index (χ1) is 11.8. The van der Waals surface area contributed by atoms with Crippen molar-refractivity contribution in [3.8, 4) is 5.75 Å². The van der Waals surface area contributed by atoms with Gasteiger partial charge in [-0.05, 0) is 95.6 Å². The minimum absolute atomic E-state index is 0.175. The van der Waals surface area contributed by atoms with Crippen LogP contribution in [-0.2, 0) is 12.0 Å². The van der Waals surface area contributed by atoms with Gasteiger partial charge in [-0.2, -0.15) is 0 Å². The number of ether oxygens (including phenoxy) is 1. The number of allylic oxidation sites excluding steroid dienone is 2. The van der Waals surface area contributed by atoms with Crippen molar-refractivity contribution in [3.63, 3.8) is 0 Å². The van der Waals surface area contributed by atoms with Gasteiger partial charge < -0.3 is 9.64 Å². The van der Waals surface area contributed by atoms with Crippen LogP contribution < -0.4 is 4.74 Å². The topological polar surface area (TPSA) is 12.5 Å². The van der Waals surface area contributed by atoms with Crippen molar-refractivity contribution in [3.05, 3.63) is 39.0 Å². The molecule has 136 valence electrons. The van der Waals surface area contributed by atoms with E-state index >= 15 is 0 Å². The number of rotatable bonds is 0. The molecule has 1 aromatic rings. The zero-order valence-corrected chi connectivity index (χ0v) is 17.0. The maximum absolute atomic E-state index is 6.79. The Labute approximate surface area is 153 Å². The summed E-state index contributed by atoms with van der Waals surface area (Å²) in [5, 5.41) is 0.